The third kappa shape index (κ3) is 3.27. The molecule has 0 saturated heterocycles. The lowest BCUT2D eigenvalue weighted by Gasteiger charge is -2.05. The van der Waals surface area contributed by atoms with Crippen LogP contribution in [-0.4, -0.2) is 29.1 Å². The van der Waals surface area contributed by atoms with E-state index in [1.54, 1.807) is 18.2 Å². The molecule has 7 nitrogen and oxygen atoms in total. The first-order valence-corrected chi connectivity index (χ1v) is 7.87. The van der Waals surface area contributed by atoms with Gasteiger partial charge in [0.1, 0.15) is 11.8 Å². The number of hydrogen-bond donors (Lipinski definition) is 2. The summed E-state index contributed by atoms with van der Waals surface area (Å²) < 4.78 is 5.70. The first kappa shape index (κ1) is 16.4. The van der Waals surface area contributed by atoms with E-state index in [1.807, 2.05) is 6.07 Å². The topological polar surface area (TPSA) is 112 Å². The van der Waals surface area contributed by atoms with Gasteiger partial charge in [-0.25, -0.2) is 9.78 Å². The van der Waals surface area contributed by atoms with Gasteiger partial charge < -0.3 is 9.84 Å². The van der Waals surface area contributed by atoms with Gasteiger partial charge in [-0.15, -0.1) is 0 Å². The van der Waals surface area contributed by atoms with Crippen LogP contribution in [-0.2, 0) is 0 Å². The van der Waals surface area contributed by atoms with E-state index in [9.17, 15) is 9.59 Å². The van der Waals surface area contributed by atoms with Gasteiger partial charge in [0.2, 0.25) is 0 Å². The van der Waals surface area contributed by atoms with Crippen LogP contribution in [0.3, 0.4) is 0 Å². The largest absolute Gasteiger partial charge is 0.495 e. The molecule has 0 aliphatic heterocycles. The number of ether oxygens (including phenoxy) is 1. The Morgan fingerprint density at radius 1 is 1.24 bits per heavy atom. The molecule has 3 aromatic rings. The number of aromatic carboxylic acids is 1. The molecule has 0 unspecified atom stereocenters. The van der Waals surface area contributed by atoms with Crippen molar-refractivity contribution < 1.29 is 19.4 Å². The highest BCUT2D eigenvalue weighted by atomic mass is 32.1. The van der Waals surface area contributed by atoms with Gasteiger partial charge >= 0.3 is 5.97 Å². The Bertz CT molecular complexity index is 1040. The summed E-state index contributed by atoms with van der Waals surface area (Å²) in [4.78, 5) is 27.6. The van der Waals surface area contributed by atoms with E-state index in [1.165, 1.54) is 36.6 Å². The number of fused-ring (bicyclic) bond motifs is 1. The van der Waals surface area contributed by atoms with Crippen molar-refractivity contribution in [3.05, 3.63) is 53.1 Å². The maximum absolute atomic E-state index is 12.3. The molecule has 2 N–H and O–H groups in total. The number of carbonyl (C=O) groups excluding carboxylic acids is 1. The molecular formula is C17H11N3O4S. The zero-order chi connectivity index (χ0) is 18.0. The number of benzene rings is 2. The highest BCUT2D eigenvalue weighted by Crippen LogP contribution is 2.27. The molecule has 124 valence electrons. The van der Waals surface area contributed by atoms with Crippen molar-refractivity contribution in [2.75, 3.05) is 12.4 Å². The van der Waals surface area contributed by atoms with Crippen molar-refractivity contribution in [3.8, 4) is 11.8 Å². The molecule has 25 heavy (non-hydrogen) atoms. The minimum absolute atomic E-state index is 0.155. The number of aromatic nitrogens is 1. The number of anilines is 1. The predicted octanol–water partition coefficient (Wildman–Crippen LogP) is 3.13. The number of carboxylic acids is 1. The quantitative estimate of drug-likeness (QED) is 0.745. The van der Waals surface area contributed by atoms with E-state index < -0.39 is 11.9 Å². The molecule has 1 amide bonds. The van der Waals surface area contributed by atoms with Gasteiger partial charge in [-0.05, 0) is 36.4 Å². The highest BCUT2D eigenvalue weighted by molar-refractivity contribution is 7.22. The molecule has 0 aliphatic rings. The summed E-state index contributed by atoms with van der Waals surface area (Å²) in [6.07, 6.45) is 0. The zero-order valence-electron chi connectivity index (χ0n) is 12.9. The summed E-state index contributed by atoms with van der Waals surface area (Å²) >= 11 is 1.17. The fourth-order valence-corrected chi connectivity index (χ4v) is 3.12. The monoisotopic (exact) mass is 353 g/mol. The number of thiazole rings is 1. The number of carboxylic acid groups (broad SMARTS) is 1. The van der Waals surface area contributed by atoms with Gasteiger partial charge in [-0.2, -0.15) is 5.26 Å². The highest BCUT2D eigenvalue weighted by Gasteiger charge is 2.13. The molecule has 1 aromatic heterocycles. The fourth-order valence-electron chi connectivity index (χ4n) is 2.22. The van der Waals surface area contributed by atoms with Crippen molar-refractivity contribution >= 4 is 38.6 Å². The van der Waals surface area contributed by atoms with E-state index in [0.29, 0.717) is 26.7 Å². The van der Waals surface area contributed by atoms with Crippen LogP contribution in [0.4, 0.5) is 5.13 Å². The molecule has 0 saturated carbocycles. The first-order valence-electron chi connectivity index (χ1n) is 7.05. The lowest BCUT2D eigenvalue weighted by molar-refractivity contribution is 0.0697. The van der Waals surface area contributed by atoms with Crippen LogP contribution in [0.5, 0.6) is 5.75 Å². The number of carbonyl (C=O) groups is 2. The molecule has 0 spiro atoms. The van der Waals surface area contributed by atoms with Crippen LogP contribution in [0, 0.1) is 11.3 Å². The fraction of sp³-hybridized carbons (Fsp3) is 0.0588. The van der Waals surface area contributed by atoms with Crippen LogP contribution >= 0.6 is 11.3 Å². The molecule has 0 radical (unpaired) electrons. The van der Waals surface area contributed by atoms with Crippen molar-refractivity contribution in [2.24, 2.45) is 0 Å². The summed E-state index contributed by atoms with van der Waals surface area (Å²) in [5.41, 5.74) is 1.30. The maximum atomic E-state index is 12.3. The van der Waals surface area contributed by atoms with Gasteiger partial charge in [-0.1, -0.05) is 11.3 Å². The van der Waals surface area contributed by atoms with Gasteiger partial charge in [0.25, 0.3) is 5.91 Å². The maximum Gasteiger partial charge on any atom is 0.335 e. The van der Waals surface area contributed by atoms with Crippen LogP contribution in [0.2, 0.25) is 0 Å². The standard InChI is InChI=1S/C17H11N3O4S/c1-24-13-5-3-9(6-11(13)8-18)15(21)20-17-19-12-4-2-10(16(22)23)7-14(12)25-17/h2-7H,1H3,(H,22,23)(H,19,20,21). The average molecular weight is 353 g/mol. The zero-order valence-corrected chi connectivity index (χ0v) is 13.8. The number of rotatable bonds is 4. The normalized spacial score (nSPS) is 10.2. The van der Waals surface area contributed by atoms with Gasteiger partial charge in [-0.3, -0.25) is 10.1 Å². The number of amides is 1. The van der Waals surface area contributed by atoms with Crippen LogP contribution < -0.4 is 10.1 Å². The summed E-state index contributed by atoms with van der Waals surface area (Å²) in [6, 6.07) is 11.1. The van der Waals surface area contributed by atoms with Crippen molar-refractivity contribution in [1.29, 1.82) is 5.26 Å². The van der Waals surface area contributed by atoms with Crippen molar-refractivity contribution in [1.82, 2.24) is 4.98 Å². The first-order chi connectivity index (χ1) is 12.0. The van der Waals surface area contributed by atoms with E-state index in [2.05, 4.69) is 10.3 Å². The van der Waals surface area contributed by atoms with Gasteiger partial charge in [0, 0.05) is 5.56 Å². The van der Waals surface area contributed by atoms with E-state index in [0.717, 1.165) is 0 Å². The number of nitriles is 1. The molecular weight excluding hydrogens is 342 g/mol. The predicted molar refractivity (Wildman–Crippen MR) is 92.2 cm³/mol. The minimum Gasteiger partial charge on any atom is -0.495 e. The summed E-state index contributed by atoms with van der Waals surface area (Å²) in [6.45, 7) is 0. The number of nitrogens with one attached hydrogen (secondary N) is 1. The van der Waals surface area contributed by atoms with Crippen molar-refractivity contribution in [3.63, 3.8) is 0 Å². The van der Waals surface area contributed by atoms with Crippen LogP contribution in [0.15, 0.2) is 36.4 Å². The smallest absolute Gasteiger partial charge is 0.335 e. The third-order valence-corrected chi connectivity index (χ3v) is 4.37. The number of hydrogen-bond acceptors (Lipinski definition) is 6. The Morgan fingerprint density at radius 3 is 2.68 bits per heavy atom. The summed E-state index contributed by atoms with van der Waals surface area (Å²) in [5.74, 6) is -1.06. The second kappa shape index (κ2) is 6.59. The molecule has 3 rings (SSSR count). The van der Waals surface area contributed by atoms with E-state index in [-0.39, 0.29) is 11.1 Å². The molecule has 1 heterocycles. The van der Waals surface area contributed by atoms with Crippen LogP contribution in [0.25, 0.3) is 10.2 Å². The summed E-state index contributed by atoms with van der Waals surface area (Å²) in [5, 5.41) is 21.1. The number of methoxy groups -OCH3 is 1. The SMILES string of the molecule is COc1ccc(C(=O)Nc2nc3ccc(C(=O)O)cc3s2)cc1C#N. The molecule has 8 heteroatoms. The Hall–Kier alpha value is -3.44. The Labute approximate surface area is 146 Å². The Kier molecular flexibility index (Phi) is 4.33. The lowest BCUT2D eigenvalue weighted by atomic mass is 10.1. The molecule has 0 fully saturated rings. The van der Waals surface area contributed by atoms with E-state index >= 15 is 0 Å². The van der Waals surface area contributed by atoms with Gasteiger partial charge in [0.05, 0.1) is 28.5 Å². The van der Waals surface area contributed by atoms with Gasteiger partial charge in [0.15, 0.2) is 5.13 Å². The Morgan fingerprint density at radius 2 is 2.00 bits per heavy atom. The Balaban J connectivity index is 1.87. The van der Waals surface area contributed by atoms with Crippen LogP contribution in [0.1, 0.15) is 26.3 Å². The minimum atomic E-state index is -1.02. The molecule has 0 atom stereocenters. The lowest BCUT2D eigenvalue weighted by Crippen LogP contribution is -2.11. The van der Waals surface area contributed by atoms with E-state index in [4.69, 9.17) is 15.1 Å². The van der Waals surface area contributed by atoms with Crippen molar-refractivity contribution in [2.45, 2.75) is 0 Å². The average Bonchev–Trinajstić information content (AvgIpc) is 3.02. The number of nitrogens with zero attached hydrogens (tertiary/aromatic N) is 2. The molecule has 2 aromatic carbocycles. The second-order valence-corrected chi connectivity index (χ2v) is 6.02. The third-order valence-electron chi connectivity index (χ3n) is 3.44. The second-order valence-electron chi connectivity index (χ2n) is 4.99. The summed E-state index contributed by atoms with van der Waals surface area (Å²) in [7, 11) is 1.45. The molecule has 0 aliphatic carbocycles. The molecule has 0 bridgehead atoms.